The van der Waals surface area contributed by atoms with E-state index >= 15 is 0 Å². The van der Waals surface area contributed by atoms with Crippen molar-refractivity contribution in [3.63, 3.8) is 0 Å². The van der Waals surface area contributed by atoms with Gasteiger partial charge in [-0.1, -0.05) is 0 Å². The Labute approximate surface area is 153 Å². The molecule has 1 aromatic rings. The number of hydrogen-bond donors (Lipinski definition) is 2. The van der Waals surface area contributed by atoms with Gasteiger partial charge in [0.05, 0.1) is 24.5 Å². The zero-order valence-corrected chi connectivity index (χ0v) is 16.0. The van der Waals surface area contributed by atoms with Gasteiger partial charge in [0.2, 0.25) is 5.91 Å². The summed E-state index contributed by atoms with van der Waals surface area (Å²) in [5.41, 5.74) is 1.82. The van der Waals surface area contributed by atoms with Crippen molar-refractivity contribution >= 4 is 23.6 Å². The highest BCUT2D eigenvalue weighted by Crippen LogP contribution is 2.16. The largest absolute Gasteiger partial charge is 0.383 e. The van der Waals surface area contributed by atoms with Crippen LogP contribution in [0.15, 0.2) is 6.07 Å². The van der Waals surface area contributed by atoms with Crippen molar-refractivity contribution < 1.29 is 14.7 Å². The minimum atomic E-state index is -0.930. The molecule has 7 nitrogen and oxygen atoms in total. The van der Waals surface area contributed by atoms with Gasteiger partial charge >= 0.3 is 0 Å². The molecule has 1 atom stereocenters. The molecular weight excluding hydrogens is 340 g/mol. The molecule has 0 saturated heterocycles. The van der Waals surface area contributed by atoms with Crippen LogP contribution in [0.25, 0.3) is 0 Å². The molecule has 1 aliphatic heterocycles. The number of fused-ring (bicyclic) bond motifs is 1. The molecule has 25 heavy (non-hydrogen) atoms. The van der Waals surface area contributed by atoms with Gasteiger partial charge in [0.25, 0.3) is 5.91 Å². The molecule has 1 aromatic heterocycles. The Balaban J connectivity index is 1.90. The lowest BCUT2D eigenvalue weighted by molar-refractivity contribution is -0.141. The lowest BCUT2D eigenvalue weighted by atomic mass is 10.2. The number of nitrogens with zero attached hydrogens (tertiary/aromatic N) is 3. The monoisotopic (exact) mass is 368 g/mol. The highest BCUT2D eigenvalue weighted by atomic mass is 32.2. The van der Waals surface area contributed by atoms with E-state index in [1.165, 1.54) is 0 Å². The van der Waals surface area contributed by atoms with E-state index in [9.17, 15) is 14.7 Å². The molecule has 2 amide bonds. The second kappa shape index (κ2) is 9.24. The first-order chi connectivity index (χ1) is 11.9. The summed E-state index contributed by atoms with van der Waals surface area (Å²) in [5.74, 6) is 0.579. The third-order valence-electron chi connectivity index (χ3n) is 4.10. The number of hydrogen-bond acceptors (Lipinski definition) is 5. The number of carbonyl (C=O) groups is 2. The fourth-order valence-electron chi connectivity index (χ4n) is 2.84. The van der Waals surface area contributed by atoms with Crippen molar-refractivity contribution in [3.8, 4) is 0 Å². The summed E-state index contributed by atoms with van der Waals surface area (Å²) >= 11 is 1.62. The van der Waals surface area contributed by atoms with Crippen LogP contribution in [0, 0.1) is 0 Å². The average molecular weight is 369 g/mol. The van der Waals surface area contributed by atoms with Gasteiger partial charge in [-0.25, -0.2) is 0 Å². The number of rotatable bonds is 8. The van der Waals surface area contributed by atoms with Crippen molar-refractivity contribution in [1.29, 1.82) is 0 Å². The van der Waals surface area contributed by atoms with Crippen molar-refractivity contribution in [3.05, 3.63) is 17.5 Å². The van der Waals surface area contributed by atoms with Crippen molar-refractivity contribution in [1.82, 2.24) is 20.0 Å². The Hall–Kier alpha value is -1.54. The number of aromatic nitrogens is 2. The third kappa shape index (κ3) is 5.74. The molecule has 8 heteroatoms. The lowest BCUT2D eigenvalue weighted by Crippen LogP contribution is -2.43. The van der Waals surface area contributed by atoms with Crippen LogP contribution in [0.4, 0.5) is 0 Å². The second-order valence-corrected chi connectivity index (χ2v) is 7.62. The van der Waals surface area contributed by atoms with Crippen LogP contribution in [-0.2, 0) is 29.1 Å². The molecule has 0 radical (unpaired) electrons. The van der Waals surface area contributed by atoms with Gasteiger partial charge in [0.1, 0.15) is 6.10 Å². The molecule has 2 heterocycles. The maximum Gasteiger partial charge on any atom is 0.251 e. The first-order valence-corrected chi connectivity index (χ1v) is 10.1. The van der Waals surface area contributed by atoms with E-state index < -0.39 is 6.10 Å². The van der Waals surface area contributed by atoms with Crippen LogP contribution in [0.2, 0.25) is 0 Å². The van der Waals surface area contributed by atoms with Crippen LogP contribution in [0.1, 0.15) is 38.1 Å². The summed E-state index contributed by atoms with van der Waals surface area (Å²) in [6.07, 6.45) is 2.50. The Morgan fingerprint density at radius 2 is 2.16 bits per heavy atom. The third-order valence-corrected chi connectivity index (χ3v) is 4.74. The minimum Gasteiger partial charge on any atom is -0.383 e. The Morgan fingerprint density at radius 1 is 1.40 bits per heavy atom. The van der Waals surface area contributed by atoms with Gasteiger partial charge in [0.15, 0.2) is 0 Å². The summed E-state index contributed by atoms with van der Waals surface area (Å²) in [4.78, 5) is 25.8. The molecule has 1 aliphatic rings. The highest BCUT2D eigenvalue weighted by molar-refractivity contribution is 7.98. The summed E-state index contributed by atoms with van der Waals surface area (Å²) in [6, 6.07) is 2.09. The number of aryl methyl sites for hydroxylation is 1. The van der Waals surface area contributed by atoms with Crippen LogP contribution in [0.3, 0.4) is 0 Å². The topological polar surface area (TPSA) is 87.5 Å². The van der Waals surface area contributed by atoms with E-state index in [0.29, 0.717) is 38.9 Å². The molecular formula is C17H28N4O3S. The van der Waals surface area contributed by atoms with Crippen LogP contribution in [-0.4, -0.2) is 62.3 Å². The molecule has 0 fully saturated rings. The summed E-state index contributed by atoms with van der Waals surface area (Å²) in [5, 5.41) is 17.4. The smallest absolute Gasteiger partial charge is 0.251 e. The number of carbonyl (C=O) groups excluding carboxylic acids is 2. The first-order valence-electron chi connectivity index (χ1n) is 8.71. The van der Waals surface area contributed by atoms with E-state index in [1.54, 1.807) is 16.7 Å². The first kappa shape index (κ1) is 19.8. The van der Waals surface area contributed by atoms with E-state index in [4.69, 9.17) is 0 Å². The second-order valence-electron chi connectivity index (χ2n) is 6.63. The molecule has 0 bridgehead atoms. The van der Waals surface area contributed by atoms with E-state index in [0.717, 1.165) is 17.1 Å². The SMILES string of the molecule is CSCC[C@H](O)C(=O)N1CCn2nc(CCC(=O)NC(C)C)cc2C1. The lowest BCUT2D eigenvalue weighted by Gasteiger charge is -2.29. The van der Waals surface area contributed by atoms with E-state index in [2.05, 4.69) is 10.4 Å². The predicted octanol–water partition coefficient (Wildman–Crippen LogP) is 0.796. The van der Waals surface area contributed by atoms with Gasteiger partial charge in [-0.05, 0) is 38.3 Å². The van der Waals surface area contributed by atoms with Gasteiger partial charge in [-0.3, -0.25) is 14.3 Å². The normalized spacial score (nSPS) is 15.2. The molecule has 0 spiro atoms. The van der Waals surface area contributed by atoms with Gasteiger partial charge in [-0.2, -0.15) is 16.9 Å². The summed E-state index contributed by atoms with van der Waals surface area (Å²) in [7, 11) is 0. The minimum absolute atomic E-state index is 0.0229. The zero-order valence-electron chi connectivity index (χ0n) is 15.2. The predicted molar refractivity (Wildman–Crippen MR) is 98.2 cm³/mol. The Bertz CT molecular complexity index is 603. The number of thioether (sulfide) groups is 1. The number of nitrogens with one attached hydrogen (secondary N) is 1. The van der Waals surface area contributed by atoms with E-state index in [-0.39, 0.29) is 17.9 Å². The van der Waals surface area contributed by atoms with Crippen molar-refractivity contribution in [2.24, 2.45) is 0 Å². The Morgan fingerprint density at radius 3 is 2.84 bits per heavy atom. The van der Waals surface area contributed by atoms with Gasteiger partial charge in [0, 0.05) is 25.4 Å². The van der Waals surface area contributed by atoms with Crippen molar-refractivity contribution in [2.75, 3.05) is 18.6 Å². The number of aliphatic hydroxyl groups excluding tert-OH is 1. The average Bonchev–Trinajstić information content (AvgIpc) is 2.98. The summed E-state index contributed by atoms with van der Waals surface area (Å²) < 4.78 is 1.90. The molecule has 0 saturated carbocycles. The van der Waals surface area contributed by atoms with Crippen molar-refractivity contribution in [2.45, 2.75) is 58.3 Å². The highest BCUT2D eigenvalue weighted by Gasteiger charge is 2.26. The fourth-order valence-corrected chi connectivity index (χ4v) is 3.29. The van der Waals surface area contributed by atoms with Gasteiger partial charge < -0.3 is 15.3 Å². The molecule has 0 unspecified atom stereocenters. The molecule has 0 aliphatic carbocycles. The number of aliphatic hydroxyl groups is 1. The fraction of sp³-hybridized carbons (Fsp3) is 0.706. The summed E-state index contributed by atoms with van der Waals surface area (Å²) in [6.45, 7) is 5.50. The Kier molecular flexibility index (Phi) is 7.31. The maximum atomic E-state index is 12.3. The standard InChI is InChI=1S/C17H28N4O3S/c1-12(2)18-16(23)5-4-13-10-14-11-20(7-8-21(14)19-13)17(24)15(22)6-9-25-3/h10,12,15,22H,4-9,11H2,1-3H3,(H,18,23)/t15-/m0/s1. The quantitative estimate of drug-likeness (QED) is 0.709. The maximum absolute atomic E-state index is 12.3. The molecule has 0 aromatic carbocycles. The van der Waals surface area contributed by atoms with Crippen LogP contribution in [0.5, 0.6) is 0 Å². The van der Waals surface area contributed by atoms with Gasteiger partial charge in [-0.15, -0.1) is 0 Å². The zero-order chi connectivity index (χ0) is 18.4. The molecule has 2 rings (SSSR count). The van der Waals surface area contributed by atoms with Crippen LogP contribution < -0.4 is 5.32 Å². The molecule has 140 valence electrons. The molecule has 2 N–H and O–H groups in total. The van der Waals surface area contributed by atoms with E-state index in [1.807, 2.05) is 30.9 Å². The van der Waals surface area contributed by atoms with Crippen LogP contribution >= 0.6 is 11.8 Å². The number of amides is 2.